The Labute approximate surface area is 105 Å². The number of aromatic nitrogens is 1. The van der Waals surface area contributed by atoms with Gasteiger partial charge in [0.2, 0.25) is 0 Å². The number of alkyl halides is 1. The number of rotatable bonds is 5. The van der Waals surface area contributed by atoms with Crippen LogP contribution in [0, 0.1) is 16.7 Å². The van der Waals surface area contributed by atoms with E-state index in [2.05, 4.69) is 27.0 Å². The summed E-state index contributed by atoms with van der Waals surface area (Å²) < 4.78 is 5.51. The largest absolute Gasteiger partial charge is 0.492 e. The molecule has 16 heavy (non-hydrogen) atoms. The number of pyridine rings is 1. The third kappa shape index (κ3) is 4.19. The minimum Gasteiger partial charge on any atom is -0.492 e. The summed E-state index contributed by atoms with van der Waals surface area (Å²) in [7, 11) is 0. The van der Waals surface area contributed by atoms with E-state index >= 15 is 0 Å². The zero-order chi connectivity index (χ0) is 12.0. The van der Waals surface area contributed by atoms with Gasteiger partial charge in [-0.3, -0.25) is 4.98 Å². The number of hydrogen-bond donors (Lipinski definition) is 0. The van der Waals surface area contributed by atoms with E-state index in [1.54, 1.807) is 6.20 Å². The normalized spacial score (nSPS) is 10.9. The van der Waals surface area contributed by atoms with Crippen LogP contribution in [0.25, 0.3) is 0 Å². The van der Waals surface area contributed by atoms with Crippen molar-refractivity contribution in [3.63, 3.8) is 0 Å². The fraction of sp³-hybridized carbons (Fsp3) is 0.500. The summed E-state index contributed by atoms with van der Waals surface area (Å²) in [5.74, 6) is 0.749. The molecule has 1 aromatic rings. The van der Waals surface area contributed by atoms with Crippen molar-refractivity contribution in [3.05, 3.63) is 24.0 Å². The maximum atomic E-state index is 8.84. The van der Waals surface area contributed by atoms with Crippen LogP contribution in [-0.4, -0.2) is 11.6 Å². The molecule has 0 radical (unpaired) electrons. The highest BCUT2D eigenvalue weighted by atomic mass is 79.9. The molecule has 0 bridgehead atoms. The summed E-state index contributed by atoms with van der Waals surface area (Å²) in [4.78, 5) is 4.20. The fourth-order valence-electron chi connectivity index (χ4n) is 1.06. The van der Waals surface area contributed by atoms with Gasteiger partial charge in [0.25, 0.3) is 0 Å². The van der Waals surface area contributed by atoms with Crippen LogP contribution in [0.15, 0.2) is 18.3 Å². The van der Waals surface area contributed by atoms with E-state index < -0.39 is 0 Å². The second kappa shape index (κ2) is 5.86. The molecular formula is C12H15BrN2O. The van der Waals surface area contributed by atoms with Gasteiger partial charge in [-0.2, -0.15) is 5.26 Å². The quantitative estimate of drug-likeness (QED) is 0.779. The molecule has 0 aliphatic rings. The standard InChI is InChI=1S/C12H15BrN2O/c1-12(2,9-14)5-6-16-11-4-3-10(7-13)15-8-11/h3-4,8H,5-7H2,1-2H3. The lowest BCUT2D eigenvalue weighted by molar-refractivity contribution is 0.263. The number of nitriles is 1. The van der Waals surface area contributed by atoms with Gasteiger partial charge in [0, 0.05) is 5.33 Å². The highest BCUT2D eigenvalue weighted by Crippen LogP contribution is 2.19. The zero-order valence-corrected chi connectivity index (χ0v) is 11.1. The highest BCUT2D eigenvalue weighted by molar-refractivity contribution is 9.08. The molecule has 0 fully saturated rings. The first-order valence-electron chi connectivity index (χ1n) is 5.12. The Morgan fingerprint density at radius 2 is 2.25 bits per heavy atom. The number of hydrogen-bond acceptors (Lipinski definition) is 3. The Kier molecular flexibility index (Phi) is 4.75. The molecule has 0 spiro atoms. The van der Waals surface area contributed by atoms with Gasteiger partial charge in [-0.1, -0.05) is 15.9 Å². The molecule has 0 N–H and O–H groups in total. The lowest BCUT2D eigenvalue weighted by atomic mass is 9.92. The predicted octanol–water partition coefficient (Wildman–Crippen LogP) is 3.30. The average molecular weight is 283 g/mol. The number of halogens is 1. The molecule has 1 aromatic heterocycles. The van der Waals surface area contributed by atoms with Crippen LogP contribution in [0.2, 0.25) is 0 Å². The van der Waals surface area contributed by atoms with Gasteiger partial charge >= 0.3 is 0 Å². The van der Waals surface area contributed by atoms with Crippen molar-refractivity contribution < 1.29 is 4.74 Å². The summed E-state index contributed by atoms with van der Waals surface area (Å²) in [6, 6.07) is 6.05. The summed E-state index contributed by atoms with van der Waals surface area (Å²) >= 11 is 3.33. The van der Waals surface area contributed by atoms with Crippen LogP contribution in [-0.2, 0) is 5.33 Å². The molecule has 0 aliphatic carbocycles. The van der Waals surface area contributed by atoms with Crippen molar-refractivity contribution in [2.45, 2.75) is 25.6 Å². The minimum atomic E-state index is -0.330. The van der Waals surface area contributed by atoms with Crippen LogP contribution in [0.3, 0.4) is 0 Å². The molecule has 0 atom stereocenters. The molecule has 0 saturated heterocycles. The third-order valence-corrected chi connectivity index (χ3v) is 2.81. The Bertz CT molecular complexity index is 368. The Morgan fingerprint density at radius 3 is 2.75 bits per heavy atom. The predicted molar refractivity (Wildman–Crippen MR) is 66.4 cm³/mol. The maximum absolute atomic E-state index is 8.84. The average Bonchev–Trinajstić information content (AvgIpc) is 2.30. The molecule has 0 saturated carbocycles. The number of ether oxygens (including phenoxy) is 1. The van der Waals surface area contributed by atoms with Crippen molar-refractivity contribution in [1.29, 1.82) is 5.26 Å². The fourth-order valence-corrected chi connectivity index (χ4v) is 1.39. The molecule has 0 amide bonds. The van der Waals surface area contributed by atoms with Crippen molar-refractivity contribution in [2.24, 2.45) is 5.41 Å². The van der Waals surface area contributed by atoms with Crippen molar-refractivity contribution >= 4 is 15.9 Å². The topological polar surface area (TPSA) is 45.9 Å². The molecule has 0 aliphatic heterocycles. The number of nitrogens with zero attached hydrogens (tertiary/aromatic N) is 2. The third-order valence-electron chi connectivity index (χ3n) is 2.23. The van der Waals surface area contributed by atoms with Gasteiger partial charge in [-0.25, -0.2) is 0 Å². The van der Waals surface area contributed by atoms with Gasteiger partial charge in [0.05, 0.1) is 30.0 Å². The first-order valence-corrected chi connectivity index (χ1v) is 6.24. The zero-order valence-electron chi connectivity index (χ0n) is 9.53. The van der Waals surface area contributed by atoms with Gasteiger partial charge in [-0.05, 0) is 32.4 Å². The second-order valence-electron chi connectivity index (χ2n) is 4.21. The van der Waals surface area contributed by atoms with Crippen LogP contribution in [0.4, 0.5) is 0 Å². The van der Waals surface area contributed by atoms with Gasteiger partial charge < -0.3 is 4.74 Å². The summed E-state index contributed by atoms with van der Waals surface area (Å²) in [6.45, 7) is 4.35. The van der Waals surface area contributed by atoms with E-state index in [9.17, 15) is 0 Å². The first kappa shape index (κ1) is 13.0. The summed E-state index contributed by atoms with van der Waals surface area (Å²) in [5, 5.41) is 9.58. The van der Waals surface area contributed by atoms with E-state index in [0.29, 0.717) is 13.0 Å². The maximum Gasteiger partial charge on any atom is 0.137 e. The van der Waals surface area contributed by atoms with E-state index in [-0.39, 0.29) is 5.41 Å². The van der Waals surface area contributed by atoms with Crippen molar-refractivity contribution in [2.75, 3.05) is 6.61 Å². The summed E-state index contributed by atoms with van der Waals surface area (Å²) in [6.07, 6.45) is 2.42. The van der Waals surface area contributed by atoms with Crippen LogP contribution < -0.4 is 4.74 Å². The van der Waals surface area contributed by atoms with E-state index in [1.165, 1.54) is 0 Å². The van der Waals surface area contributed by atoms with Gasteiger partial charge in [-0.15, -0.1) is 0 Å². The van der Waals surface area contributed by atoms with Crippen molar-refractivity contribution in [1.82, 2.24) is 4.98 Å². The van der Waals surface area contributed by atoms with Gasteiger partial charge in [0.15, 0.2) is 0 Å². The smallest absolute Gasteiger partial charge is 0.137 e. The Morgan fingerprint density at radius 1 is 1.50 bits per heavy atom. The minimum absolute atomic E-state index is 0.330. The lowest BCUT2D eigenvalue weighted by Crippen LogP contribution is -2.13. The monoisotopic (exact) mass is 282 g/mol. The second-order valence-corrected chi connectivity index (χ2v) is 4.77. The summed E-state index contributed by atoms with van der Waals surface area (Å²) in [5.41, 5.74) is 0.646. The first-order chi connectivity index (χ1) is 7.57. The molecule has 1 heterocycles. The van der Waals surface area contributed by atoms with E-state index in [0.717, 1.165) is 16.8 Å². The molecular weight excluding hydrogens is 268 g/mol. The Hall–Kier alpha value is -1.08. The van der Waals surface area contributed by atoms with Gasteiger partial charge in [0.1, 0.15) is 5.75 Å². The lowest BCUT2D eigenvalue weighted by Gasteiger charge is -2.15. The van der Waals surface area contributed by atoms with Crippen LogP contribution in [0.1, 0.15) is 26.0 Å². The molecule has 3 nitrogen and oxygen atoms in total. The molecule has 86 valence electrons. The molecule has 0 aromatic carbocycles. The van der Waals surface area contributed by atoms with Crippen LogP contribution >= 0.6 is 15.9 Å². The molecule has 1 rings (SSSR count). The molecule has 0 unspecified atom stereocenters. The van der Waals surface area contributed by atoms with Crippen LogP contribution in [0.5, 0.6) is 5.75 Å². The highest BCUT2D eigenvalue weighted by Gasteiger charge is 2.16. The van der Waals surface area contributed by atoms with E-state index in [4.69, 9.17) is 10.00 Å². The Balaban J connectivity index is 2.41. The molecule has 4 heteroatoms. The van der Waals surface area contributed by atoms with E-state index in [1.807, 2.05) is 26.0 Å². The SMILES string of the molecule is CC(C)(C#N)CCOc1ccc(CBr)nc1. The van der Waals surface area contributed by atoms with Crippen molar-refractivity contribution in [3.8, 4) is 11.8 Å².